The molecule has 0 aliphatic heterocycles. The standard InChI is InChI=1S/C14H17N.7C13H15N/c1-10-8-9-11-6-5-7-12(13(11)15-10)14(2,3)4;1-13(2,3)11-7-4-8-12-10(11)6-5-9-14-12;1-13(2,3)11-8-4-6-10-7-5-9-14-12(10)11;1-13(2,3)11-6-7-12-10(9-11)5-4-8-14-12;1-13(2,3)11-7-6-10-5-4-8-14-12(10)9-11;1-13(2,3)11-8-10-6-4-5-7-12(10)14-9-11;1-13(2,3)11-8-9-14-12-7-5-4-6-10(11)12;1-13(2,3)12-9-8-10-6-4-5-7-11(10)14-12/h5-9H,1-4H3;7*4-9H,1-3H3. The van der Waals surface area contributed by atoms with Crippen LogP contribution in [0.4, 0.5) is 0 Å². The molecule has 8 nitrogen and oxygen atoms in total. The van der Waals surface area contributed by atoms with Gasteiger partial charge in [0, 0.05) is 97.1 Å². The average Bonchev–Trinajstić information content (AvgIpc) is 0.794. The summed E-state index contributed by atoms with van der Waals surface area (Å²) in [6.45, 7) is 55.3. The van der Waals surface area contributed by atoms with Crippen molar-refractivity contribution in [3.05, 3.63) is 336 Å². The molecule has 8 aromatic carbocycles. The molecule has 0 N–H and O–H groups in total. The van der Waals surface area contributed by atoms with Gasteiger partial charge in [0.05, 0.1) is 44.1 Å². The van der Waals surface area contributed by atoms with E-state index in [4.69, 9.17) is 0 Å². The Morgan fingerprint density at radius 2 is 0.575 bits per heavy atom. The molecule has 0 radical (unpaired) electrons. The van der Waals surface area contributed by atoms with E-state index in [9.17, 15) is 0 Å². The molecule has 0 amide bonds. The van der Waals surface area contributed by atoms with E-state index < -0.39 is 0 Å². The Labute approximate surface area is 675 Å². The number of hydrogen-bond acceptors (Lipinski definition) is 8. The molecule has 0 aliphatic rings. The first-order valence-corrected chi connectivity index (χ1v) is 39.9. The van der Waals surface area contributed by atoms with Gasteiger partial charge in [-0.1, -0.05) is 324 Å². The highest BCUT2D eigenvalue weighted by atomic mass is 14.7. The minimum atomic E-state index is 0.129. The predicted octanol–water partition coefficient (Wildman–Crippen LogP) is 28.6. The van der Waals surface area contributed by atoms with Crippen LogP contribution < -0.4 is 0 Å². The van der Waals surface area contributed by atoms with E-state index in [1.807, 2.05) is 98.7 Å². The van der Waals surface area contributed by atoms with Crippen LogP contribution in [-0.2, 0) is 43.3 Å². The molecule has 113 heavy (non-hydrogen) atoms. The molecule has 582 valence electrons. The van der Waals surface area contributed by atoms with Crippen molar-refractivity contribution in [2.45, 2.75) is 216 Å². The highest BCUT2D eigenvalue weighted by molar-refractivity contribution is 5.87. The van der Waals surface area contributed by atoms with Crippen LogP contribution in [0.15, 0.2) is 286 Å². The normalized spacial score (nSPS) is 11.9. The smallest absolute Gasteiger partial charge is 0.0742 e. The molecule has 0 spiro atoms. The number of nitrogens with zero attached hydrogens (tertiary/aromatic N) is 8. The monoisotopic (exact) mass is 1490 g/mol. The number of pyridine rings is 8. The second-order valence-electron chi connectivity index (χ2n) is 37.6. The Kier molecular flexibility index (Phi) is 27.6. The van der Waals surface area contributed by atoms with Gasteiger partial charge in [0.15, 0.2) is 0 Å². The summed E-state index contributed by atoms with van der Waals surface area (Å²) in [7, 11) is 0. The number of rotatable bonds is 0. The fraction of sp³-hybridized carbons (Fsp3) is 0.314. The zero-order valence-electron chi connectivity index (χ0n) is 72.2. The van der Waals surface area contributed by atoms with Gasteiger partial charge >= 0.3 is 0 Å². The second-order valence-corrected chi connectivity index (χ2v) is 37.6. The quantitative estimate of drug-likeness (QED) is 0.148. The maximum absolute atomic E-state index is 4.65. The van der Waals surface area contributed by atoms with Crippen LogP contribution in [0.3, 0.4) is 0 Å². The van der Waals surface area contributed by atoms with E-state index in [0.717, 1.165) is 55.5 Å². The summed E-state index contributed by atoms with van der Waals surface area (Å²) in [5, 5.41) is 9.85. The van der Waals surface area contributed by atoms with Crippen molar-refractivity contribution in [1.82, 2.24) is 39.9 Å². The molecule has 8 heterocycles. The van der Waals surface area contributed by atoms with Gasteiger partial charge in [-0.25, -0.2) is 0 Å². The molecule has 16 rings (SSSR count). The maximum Gasteiger partial charge on any atom is 0.0742 e. The Morgan fingerprint density at radius 3 is 1.17 bits per heavy atom. The Hall–Kier alpha value is -11.0. The van der Waals surface area contributed by atoms with Crippen molar-refractivity contribution < 1.29 is 0 Å². The third-order valence-corrected chi connectivity index (χ3v) is 19.8. The molecule has 0 bridgehead atoms. The third-order valence-electron chi connectivity index (χ3n) is 19.8. The largest absolute Gasteiger partial charge is 0.256 e. The summed E-state index contributed by atoms with van der Waals surface area (Å²) in [6.07, 6.45) is 11.2. The van der Waals surface area contributed by atoms with Crippen LogP contribution in [0.25, 0.3) is 87.2 Å². The Bertz CT molecular complexity index is 5210. The SMILES string of the molecule is CC(C)(C)c1ccc2ccccc2n1.CC(C)(C)c1ccc2cccnc2c1.CC(C)(C)c1ccc2ncccc2c1.CC(C)(C)c1cccc2cccnc12.CC(C)(C)c1cccc2ncccc12.CC(C)(C)c1ccnc2ccccc12.CC(C)(C)c1cnc2ccccc2c1.Cc1ccc2cccc(C(C)(C)C)c2n1. The molecule has 0 saturated carbocycles. The van der Waals surface area contributed by atoms with Crippen LogP contribution >= 0.6 is 0 Å². The fourth-order valence-corrected chi connectivity index (χ4v) is 13.1. The fourth-order valence-electron chi connectivity index (χ4n) is 13.1. The molecule has 8 aromatic heterocycles. The zero-order chi connectivity index (χ0) is 82.3. The van der Waals surface area contributed by atoms with Crippen molar-refractivity contribution in [3.8, 4) is 0 Å². The molecule has 0 unspecified atom stereocenters. The summed E-state index contributed by atoms with van der Waals surface area (Å²) in [6, 6.07) is 86.0. The first-order chi connectivity index (χ1) is 53.0. The molecular formula is C105H122N8. The lowest BCUT2D eigenvalue weighted by atomic mass is 9.84. The minimum absolute atomic E-state index is 0.129. The van der Waals surface area contributed by atoms with E-state index >= 15 is 0 Å². The first-order valence-electron chi connectivity index (χ1n) is 39.9. The van der Waals surface area contributed by atoms with Crippen molar-refractivity contribution in [3.63, 3.8) is 0 Å². The van der Waals surface area contributed by atoms with Crippen molar-refractivity contribution >= 4 is 87.2 Å². The lowest BCUT2D eigenvalue weighted by Gasteiger charge is -2.20. The van der Waals surface area contributed by atoms with Crippen molar-refractivity contribution in [1.29, 1.82) is 0 Å². The van der Waals surface area contributed by atoms with Gasteiger partial charge in [-0.3, -0.25) is 39.9 Å². The highest BCUT2D eigenvalue weighted by Crippen LogP contribution is 2.34. The molecule has 0 aliphatic carbocycles. The van der Waals surface area contributed by atoms with Gasteiger partial charge in [-0.2, -0.15) is 0 Å². The van der Waals surface area contributed by atoms with Gasteiger partial charge in [-0.05, 0) is 175 Å². The maximum atomic E-state index is 4.65. The molecule has 0 fully saturated rings. The number of fused-ring (bicyclic) bond motifs is 8. The molecule has 8 heteroatoms. The number of aromatic nitrogens is 8. The van der Waals surface area contributed by atoms with Gasteiger partial charge in [0.1, 0.15) is 0 Å². The average molecular weight is 1500 g/mol. The van der Waals surface area contributed by atoms with Gasteiger partial charge in [-0.15, -0.1) is 0 Å². The predicted molar refractivity (Wildman–Crippen MR) is 488 cm³/mol. The lowest BCUT2D eigenvalue weighted by molar-refractivity contribution is 0.571. The molecular weight excluding hydrogens is 1370 g/mol. The number of aryl methyl sites for hydroxylation is 1. The van der Waals surface area contributed by atoms with E-state index in [1.54, 1.807) is 0 Å². The summed E-state index contributed by atoms with van der Waals surface area (Å²) in [5.41, 5.74) is 21.7. The number of benzene rings is 8. The lowest BCUT2D eigenvalue weighted by Crippen LogP contribution is -2.13. The molecule has 16 aromatic rings. The van der Waals surface area contributed by atoms with E-state index in [1.165, 1.54) is 82.0 Å². The molecule has 0 saturated heterocycles. The van der Waals surface area contributed by atoms with Crippen LogP contribution in [0.1, 0.15) is 217 Å². The van der Waals surface area contributed by atoms with Crippen molar-refractivity contribution in [2.24, 2.45) is 0 Å². The number of para-hydroxylation sites is 5. The summed E-state index contributed by atoms with van der Waals surface area (Å²) < 4.78 is 0. The van der Waals surface area contributed by atoms with E-state index in [-0.39, 0.29) is 43.3 Å². The first kappa shape index (κ1) is 86.0. The Morgan fingerprint density at radius 1 is 0.204 bits per heavy atom. The van der Waals surface area contributed by atoms with Crippen molar-refractivity contribution in [2.75, 3.05) is 0 Å². The summed E-state index contributed by atoms with van der Waals surface area (Å²) in [5.74, 6) is 0. The Balaban J connectivity index is 0.000000148. The summed E-state index contributed by atoms with van der Waals surface area (Å²) >= 11 is 0. The molecule has 0 atom stereocenters. The van der Waals surface area contributed by atoms with E-state index in [0.29, 0.717) is 0 Å². The van der Waals surface area contributed by atoms with E-state index in [2.05, 4.69) is 400 Å². The highest BCUT2D eigenvalue weighted by Gasteiger charge is 2.22. The third kappa shape index (κ3) is 24.0. The van der Waals surface area contributed by atoms with Gasteiger partial charge in [0.25, 0.3) is 0 Å². The summed E-state index contributed by atoms with van der Waals surface area (Å²) in [4.78, 5) is 35.6. The topological polar surface area (TPSA) is 103 Å². The van der Waals surface area contributed by atoms with Crippen LogP contribution in [0.2, 0.25) is 0 Å². The van der Waals surface area contributed by atoms with Gasteiger partial charge in [0.2, 0.25) is 0 Å². The van der Waals surface area contributed by atoms with Crippen LogP contribution in [0, 0.1) is 6.92 Å². The van der Waals surface area contributed by atoms with Gasteiger partial charge < -0.3 is 0 Å². The van der Waals surface area contributed by atoms with Crippen LogP contribution in [0.5, 0.6) is 0 Å². The number of hydrogen-bond donors (Lipinski definition) is 0. The van der Waals surface area contributed by atoms with Crippen LogP contribution in [-0.4, -0.2) is 39.9 Å². The second kappa shape index (κ2) is 36.2. The zero-order valence-corrected chi connectivity index (χ0v) is 72.2. The minimum Gasteiger partial charge on any atom is -0.256 e.